The molecule has 8 heterocycles. The first-order chi connectivity index (χ1) is 35.2. The summed E-state index contributed by atoms with van der Waals surface area (Å²) in [6.07, 6.45) is 5.51. The number of halogens is 1. The number of nitrogens with zero attached hydrogens (tertiary/aromatic N) is 5. The molecular weight excluding hydrogens is 958 g/mol. The van der Waals surface area contributed by atoms with Crippen molar-refractivity contribution in [3.05, 3.63) is 88.1 Å². The number of imidazole rings is 2. The Bertz CT molecular complexity index is 3030. The Balaban J connectivity index is 0.950. The summed E-state index contributed by atoms with van der Waals surface area (Å²) in [5.41, 5.74) is 4.48. The maximum atomic E-state index is 17.0. The number of methoxy groups -OCH3 is 3. The molecule has 0 aliphatic carbocycles. The molecule has 18 nitrogen and oxygen atoms in total. The van der Waals surface area contributed by atoms with Crippen LogP contribution in [0.25, 0.3) is 44.7 Å². The van der Waals surface area contributed by atoms with E-state index < -0.39 is 36.3 Å². The predicted molar refractivity (Wildman–Crippen MR) is 270 cm³/mol. The first-order valence-electron chi connectivity index (χ1n) is 25.0. The van der Waals surface area contributed by atoms with Gasteiger partial charge in [-0.05, 0) is 107 Å². The van der Waals surface area contributed by atoms with E-state index >= 15 is 4.39 Å². The van der Waals surface area contributed by atoms with Crippen LogP contribution in [0.15, 0.2) is 60.9 Å². The molecule has 3 fully saturated rings. The van der Waals surface area contributed by atoms with E-state index in [0.29, 0.717) is 85.3 Å². The number of aromatic amines is 2. The fraction of sp³-hybridized carbons (Fsp3) is 0.472. The molecule has 2 aromatic carbocycles. The van der Waals surface area contributed by atoms with E-state index in [4.69, 9.17) is 33.7 Å². The van der Waals surface area contributed by atoms with E-state index in [9.17, 15) is 19.2 Å². The number of hydrogen-bond acceptors (Lipinski definition) is 12. The van der Waals surface area contributed by atoms with Crippen molar-refractivity contribution in [3.8, 4) is 39.5 Å². The molecule has 4 aliphatic heterocycles. The van der Waals surface area contributed by atoms with Gasteiger partial charge in [-0.15, -0.1) is 11.3 Å². The molecule has 4 aliphatic rings. The Labute approximate surface area is 426 Å². The lowest BCUT2D eigenvalue weighted by molar-refractivity contribution is -0.138. The van der Waals surface area contributed by atoms with Gasteiger partial charge in [0.1, 0.15) is 35.3 Å². The van der Waals surface area contributed by atoms with Gasteiger partial charge in [-0.2, -0.15) is 0 Å². The molecule has 0 bridgehead atoms. The van der Waals surface area contributed by atoms with Gasteiger partial charge in [0, 0.05) is 41.6 Å². The zero-order chi connectivity index (χ0) is 51.2. The SMILES string of the molecule is COCc1ccc(C2Oc3cc(-c4cnc([C@@H]5CCCN5C(=O)[C@@H](NC(=O)OC)C(C)C)[nH]4)cc(F)c3-c3cc4cc(-c5cnc([C@@H]6CCCN6C(=O)[C@@H](NC(=O)OC)C6C[C@@H](C)O[C@@H](C)C6)[nH]5)ccc4n32)s1. The Morgan fingerprint density at radius 1 is 0.822 bits per heavy atom. The van der Waals surface area contributed by atoms with Crippen molar-refractivity contribution in [2.75, 3.05) is 34.4 Å². The smallest absolute Gasteiger partial charge is 0.407 e. The first kappa shape index (κ1) is 49.8. The first-order valence-corrected chi connectivity index (χ1v) is 25.8. The lowest BCUT2D eigenvalue weighted by atomic mass is 9.85. The van der Waals surface area contributed by atoms with Gasteiger partial charge in [-0.25, -0.2) is 23.9 Å². The monoisotopic (exact) mass is 1020 g/mol. The fourth-order valence-corrected chi connectivity index (χ4v) is 12.3. The third-order valence-electron chi connectivity index (χ3n) is 14.7. The number of ether oxygens (including phenoxy) is 5. The topological polar surface area (TPSA) is 207 Å². The second-order valence-corrected chi connectivity index (χ2v) is 21.1. The van der Waals surface area contributed by atoms with Gasteiger partial charge in [0.2, 0.25) is 18.0 Å². The number of rotatable bonds is 13. The highest BCUT2D eigenvalue weighted by Crippen LogP contribution is 2.48. The molecule has 0 radical (unpaired) electrons. The van der Waals surface area contributed by atoms with E-state index in [1.807, 2.05) is 79.6 Å². The molecule has 4 aromatic heterocycles. The quantitative estimate of drug-likeness (QED) is 0.0859. The largest absolute Gasteiger partial charge is 0.464 e. The highest BCUT2D eigenvalue weighted by Gasteiger charge is 2.43. The van der Waals surface area contributed by atoms with Crippen LogP contribution in [0.3, 0.4) is 0 Å². The van der Waals surface area contributed by atoms with Crippen molar-refractivity contribution in [2.24, 2.45) is 11.8 Å². The summed E-state index contributed by atoms with van der Waals surface area (Å²) in [5, 5.41) is 6.40. The number of H-pyrrole nitrogens is 2. The maximum Gasteiger partial charge on any atom is 0.407 e. The Morgan fingerprint density at radius 3 is 2.11 bits per heavy atom. The molecule has 10 rings (SSSR count). The van der Waals surface area contributed by atoms with Crippen LogP contribution in [0.2, 0.25) is 0 Å². The Kier molecular flexibility index (Phi) is 14.1. The molecule has 6 aromatic rings. The number of nitrogens with one attached hydrogen (secondary N) is 4. The van der Waals surface area contributed by atoms with Crippen molar-refractivity contribution in [3.63, 3.8) is 0 Å². The summed E-state index contributed by atoms with van der Waals surface area (Å²) in [6, 6.07) is 13.1. The number of alkyl carbamates (subject to hydrolysis) is 2. The molecule has 4 N–H and O–H groups in total. The molecule has 3 saturated heterocycles. The van der Waals surface area contributed by atoms with Gasteiger partial charge >= 0.3 is 12.2 Å². The number of carbonyl (C=O) groups excluding carboxylic acids is 4. The van der Waals surface area contributed by atoms with E-state index in [1.54, 1.807) is 35.7 Å². The third kappa shape index (κ3) is 9.67. The standard InChI is InChI=1S/C53H62FN9O9S/c1-27(2)45(59-52(66)69-6)49(64)61-16-8-10-39(61)48-56-25-37(58-48)31-21-35(54)44-41-22-32-20-30(12-14-38(32)63(41)51(72-42(44)23-31)43-15-13-34(73-43)26-68-5)36-24-55-47(57-36)40-11-9-17-62(40)50(65)46(60-53(67)70-7)33-18-28(3)71-29(4)19-33/h12-15,20-25,27-29,33,39-40,45-46,51H,8-11,16-19,26H2,1-7H3,(H,55,57)(H,56,58)(H,59,66)(H,60,67)/t28-,29+,33?,39-,40-,45-,46-,51?/m0/s1. The lowest BCUT2D eigenvalue weighted by Gasteiger charge is -2.38. The fourth-order valence-electron chi connectivity index (χ4n) is 11.3. The van der Waals surface area contributed by atoms with Crippen molar-refractivity contribution in [1.29, 1.82) is 0 Å². The second kappa shape index (κ2) is 20.6. The number of thiophene rings is 1. The Hall–Kier alpha value is -6.77. The molecule has 386 valence electrons. The Morgan fingerprint density at radius 2 is 1.47 bits per heavy atom. The van der Waals surface area contributed by atoms with Gasteiger partial charge in [-0.3, -0.25) is 14.2 Å². The van der Waals surface area contributed by atoms with Crippen molar-refractivity contribution in [1.82, 2.24) is 44.9 Å². The highest BCUT2D eigenvalue weighted by atomic mass is 32.1. The number of hydrogen-bond donors (Lipinski definition) is 4. The molecule has 8 atom stereocenters. The van der Waals surface area contributed by atoms with Crippen LogP contribution in [0.5, 0.6) is 5.75 Å². The normalized spacial score (nSPS) is 22.4. The number of carbonyl (C=O) groups is 4. The van der Waals surface area contributed by atoms with Crippen molar-refractivity contribution in [2.45, 2.75) is 115 Å². The molecular formula is C53H62FN9O9S. The van der Waals surface area contributed by atoms with E-state index in [-0.39, 0.29) is 47.9 Å². The predicted octanol–water partition coefficient (Wildman–Crippen LogP) is 9.01. The second-order valence-electron chi connectivity index (χ2n) is 19.9. The minimum absolute atomic E-state index is 0.0552. The average Bonchev–Trinajstić information content (AvgIpc) is 4.24. The number of fused-ring (bicyclic) bond motifs is 5. The van der Waals surface area contributed by atoms with Crippen molar-refractivity contribution >= 4 is 46.2 Å². The summed E-state index contributed by atoms with van der Waals surface area (Å²) in [5.74, 6) is 0.393. The van der Waals surface area contributed by atoms with Gasteiger partial charge < -0.3 is 54.1 Å². The zero-order valence-electron chi connectivity index (χ0n) is 42.0. The van der Waals surface area contributed by atoms with Gasteiger partial charge in [-0.1, -0.05) is 19.9 Å². The summed E-state index contributed by atoms with van der Waals surface area (Å²) >= 11 is 1.56. The van der Waals surface area contributed by atoms with Crippen LogP contribution < -0.4 is 15.4 Å². The highest BCUT2D eigenvalue weighted by molar-refractivity contribution is 7.12. The zero-order valence-corrected chi connectivity index (χ0v) is 42.8. The van der Waals surface area contributed by atoms with Crippen LogP contribution in [0, 0.1) is 17.7 Å². The minimum atomic E-state index is -0.780. The van der Waals surface area contributed by atoms with Crippen LogP contribution in [-0.2, 0) is 35.1 Å². The lowest BCUT2D eigenvalue weighted by Crippen LogP contribution is -2.54. The van der Waals surface area contributed by atoms with E-state index in [1.165, 1.54) is 20.3 Å². The van der Waals surface area contributed by atoms with Crippen LogP contribution >= 0.6 is 11.3 Å². The summed E-state index contributed by atoms with van der Waals surface area (Å²) in [6.45, 7) is 9.17. The van der Waals surface area contributed by atoms with Crippen LogP contribution in [0.4, 0.5) is 14.0 Å². The number of likely N-dealkylation sites (tertiary alicyclic amines) is 2. The average molecular weight is 1020 g/mol. The molecule has 4 amide bonds. The van der Waals surface area contributed by atoms with Gasteiger partial charge in [0.05, 0.1) is 90.6 Å². The number of aromatic nitrogens is 5. The van der Waals surface area contributed by atoms with E-state index in [2.05, 4.69) is 20.6 Å². The molecule has 0 saturated carbocycles. The number of benzene rings is 2. The summed E-state index contributed by atoms with van der Waals surface area (Å²) in [7, 11) is 4.22. The molecule has 0 spiro atoms. The van der Waals surface area contributed by atoms with Gasteiger partial charge in [0.25, 0.3) is 0 Å². The van der Waals surface area contributed by atoms with E-state index in [0.717, 1.165) is 44.8 Å². The van der Waals surface area contributed by atoms with Gasteiger partial charge in [0.15, 0.2) is 0 Å². The van der Waals surface area contributed by atoms with Crippen molar-refractivity contribution < 1.29 is 47.3 Å². The molecule has 73 heavy (non-hydrogen) atoms. The molecule has 2 unspecified atom stereocenters. The minimum Gasteiger partial charge on any atom is -0.464 e. The number of amides is 4. The van der Waals surface area contributed by atoms with Crippen LogP contribution in [0.1, 0.15) is 106 Å². The summed E-state index contributed by atoms with van der Waals surface area (Å²) in [4.78, 5) is 74.9. The maximum absolute atomic E-state index is 17.0. The molecule has 20 heteroatoms. The van der Waals surface area contributed by atoms with Crippen LogP contribution in [-0.4, -0.2) is 117 Å². The summed E-state index contributed by atoms with van der Waals surface area (Å²) < 4.78 is 47.1. The third-order valence-corrected chi connectivity index (χ3v) is 15.8.